The highest BCUT2D eigenvalue weighted by atomic mass is 16.5. The Hall–Kier alpha value is -0.0800. The number of rotatable bonds is 12. The third kappa shape index (κ3) is 12.2. The summed E-state index contributed by atoms with van der Waals surface area (Å²) in [7, 11) is 1.76. The Morgan fingerprint density at radius 3 is 2.47 bits per heavy atom. The predicted molar refractivity (Wildman–Crippen MR) is 76.4 cm³/mol. The standard InChI is InChI=1S/C15H33NO/c1-5-6-7-8-9-15(12-14(2)3)13-16-10-11-17-4/h14-16H,5-13H2,1-4H3. The van der Waals surface area contributed by atoms with Crippen LogP contribution in [0.5, 0.6) is 0 Å². The van der Waals surface area contributed by atoms with Crippen molar-refractivity contribution in [3.8, 4) is 0 Å². The van der Waals surface area contributed by atoms with Gasteiger partial charge in [-0.05, 0) is 31.2 Å². The largest absolute Gasteiger partial charge is 0.383 e. The molecule has 2 nitrogen and oxygen atoms in total. The summed E-state index contributed by atoms with van der Waals surface area (Å²) in [5.41, 5.74) is 0. The fourth-order valence-corrected chi connectivity index (χ4v) is 2.31. The van der Waals surface area contributed by atoms with E-state index in [4.69, 9.17) is 4.74 Å². The summed E-state index contributed by atoms with van der Waals surface area (Å²) in [5.74, 6) is 1.67. The molecule has 0 aliphatic heterocycles. The topological polar surface area (TPSA) is 21.3 Å². The van der Waals surface area contributed by atoms with Crippen LogP contribution in [0.1, 0.15) is 59.3 Å². The van der Waals surface area contributed by atoms with Crippen molar-refractivity contribution in [1.29, 1.82) is 0 Å². The molecular weight excluding hydrogens is 210 g/mol. The molecule has 0 aromatic heterocycles. The second-order valence-electron chi connectivity index (χ2n) is 5.54. The van der Waals surface area contributed by atoms with E-state index in [2.05, 4.69) is 26.1 Å². The van der Waals surface area contributed by atoms with Crippen LogP contribution >= 0.6 is 0 Å². The zero-order chi connectivity index (χ0) is 12.9. The Labute approximate surface area is 109 Å². The summed E-state index contributed by atoms with van der Waals surface area (Å²) in [4.78, 5) is 0. The molecule has 0 saturated carbocycles. The fourth-order valence-electron chi connectivity index (χ4n) is 2.31. The molecule has 1 unspecified atom stereocenters. The minimum Gasteiger partial charge on any atom is -0.383 e. The molecule has 17 heavy (non-hydrogen) atoms. The first-order valence-electron chi connectivity index (χ1n) is 7.40. The minimum atomic E-state index is 0.815. The average Bonchev–Trinajstić information content (AvgIpc) is 2.29. The van der Waals surface area contributed by atoms with E-state index in [-0.39, 0.29) is 0 Å². The molecule has 0 aliphatic rings. The Bertz CT molecular complexity index is 136. The van der Waals surface area contributed by atoms with Crippen molar-refractivity contribution >= 4 is 0 Å². The summed E-state index contributed by atoms with van der Waals surface area (Å²) in [5, 5.41) is 3.51. The monoisotopic (exact) mass is 243 g/mol. The lowest BCUT2D eigenvalue weighted by Gasteiger charge is -2.19. The van der Waals surface area contributed by atoms with E-state index in [1.807, 2.05) is 0 Å². The Balaban J connectivity index is 3.64. The number of hydrogen-bond acceptors (Lipinski definition) is 2. The summed E-state index contributed by atoms with van der Waals surface area (Å²) in [6, 6.07) is 0. The van der Waals surface area contributed by atoms with Gasteiger partial charge < -0.3 is 10.1 Å². The lowest BCUT2D eigenvalue weighted by atomic mass is 9.92. The van der Waals surface area contributed by atoms with E-state index >= 15 is 0 Å². The Morgan fingerprint density at radius 2 is 1.88 bits per heavy atom. The second kappa shape index (κ2) is 12.4. The van der Waals surface area contributed by atoms with Gasteiger partial charge in [-0.2, -0.15) is 0 Å². The molecule has 0 aromatic rings. The molecule has 0 bridgehead atoms. The first-order chi connectivity index (χ1) is 8.20. The number of methoxy groups -OCH3 is 1. The molecule has 0 aromatic carbocycles. The van der Waals surface area contributed by atoms with Crippen molar-refractivity contribution in [2.45, 2.75) is 59.3 Å². The van der Waals surface area contributed by atoms with Gasteiger partial charge in [0, 0.05) is 13.7 Å². The van der Waals surface area contributed by atoms with Crippen LogP contribution in [0.4, 0.5) is 0 Å². The smallest absolute Gasteiger partial charge is 0.0587 e. The molecule has 0 fully saturated rings. The number of hydrogen-bond donors (Lipinski definition) is 1. The lowest BCUT2D eigenvalue weighted by molar-refractivity contribution is 0.196. The van der Waals surface area contributed by atoms with Crippen LogP contribution in [0.2, 0.25) is 0 Å². The van der Waals surface area contributed by atoms with Crippen molar-refractivity contribution < 1.29 is 4.74 Å². The molecule has 2 heteroatoms. The van der Waals surface area contributed by atoms with Gasteiger partial charge in [-0.3, -0.25) is 0 Å². The SMILES string of the molecule is CCCCCCC(CNCCOC)CC(C)C. The first kappa shape index (κ1) is 16.9. The van der Waals surface area contributed by atoms with E-state index in [0.29, 0.717) is 0 Å². The summed E-state index contributed by atoms with van der Waals surface area (Å²) >= 11 is 0. The molecule has 0 amide bonds. The Morgan fingerprint density at radius 1 is 1.12 bits per heavy atom. The third-order valence-electron chi connectivity index (χ3n) is 3.19. The lowest BCUT2D eigenvalue weighted by Crippen LogP contribution is -2.27. The van der Waals surface area contributed by atoms with Crippen LogP contribution in [0.15, 0.2) is 0 Å². The van der Waals surface area contributed by atoms with Gasteiger partial charge in [0.2, 0.25) is 0 Å². The van der Waals surface area contributed by atoms with E-state index in [9.17, 15) is 0 Å². The summed E-state index contributed by atoms with van der Waals surface area (Å²) in [6.45, 7) is 9.90. The van der Waals surface area contributed by atoms with Crippen LogP contribution in [0.3, 0.4) is 0 Å². The molecule has 0 saturated heterocycles. The molecule has 1 atom stereocenters. The van der Waals surface area contributed by atoms with Gasteiger partial charge in [-0.1, -0.05) is 46.5 Å². The zero-order valence-corrected chi connectivity index (χ0v) is 12.4. The highest BCUT2D eigenvalue weighted by Gasteiger charge is 2.10. The summed E-state index contributed by atoms with van der Waals surface area (Å²) in [6.07, 6.45) is 8.27. The van der Waals surface area contributed by atoms with E-state index < -0.39 is 0 Å². The predicted octanol–water partition coefficient (Wildman–Crippen LogP) is 3.86. The minimum absolute atomic E-state index is 0.815. The van der Waals surface area contributed by atoms with Crippen molar-refractivity contribution in [1.82, 2.24) is 5.32 Å². The van der Waals surface area contributed by atoms with Crippen molar-refractivity contribution in [3.05, 3.63) is 0 Å². The van der Waals surface area contributed by atoms with Crippen LogP contribution in [0.25, 0.3) is 0 Å². The molecule has 0 heterocycles. The maximum Gasteiger partial charge on any atom is 0.0587 e. The molecule has 104 valence electrons. The third-order valence-corrected chi connectivity index (χ3v) is 3.19. The first-order valence-corrected chi connectivity index (χ1v) is 7.40. The average molecular weight is 243 g/mol. The Kier molecular flexibility index (Phi) is 12.3. The van der Waals surface area contributed by atoms with E-state index in [1.165, 1.54) is 38.5 Å². The summed E-state index contributed by atoms with van der Waals surface area (Å²) < 4.78 is 5.06. The van der Waals surface area contributed by atoms with Crippen molar-refractivity contribution in [2.24, 2.45) is 11.8 Å². The highest BCUT2D eigenvalue weighted by molar-refractivity contribution is 4.65. The van der Waals surface area contributed by atoms with Crippen LogP contribution in [-0.4, -0.2) is 26.8 Å². The maximum absolute atomic E-state index is 5.06. The van der Waals surface area contributed by atoms with Crippen LogP contribution < -0.4 is 5.32 Å². The normalized spacial score (nSPS) is 13.2. The molecule has 0 aliphatic carbocycles. The van der Waals surface area contributed by atoms with Gasteiger partial charge in [0.25, 0.3) is 0 Å². The zero-order valence-electron chi connectivity index (χ0n) is 12.4. The van der Waals surface area contributed by atoms with E-state index in [0.717, 1.165) is 31.5 Å². The molecular formula is C15H33NO. The molecule has 0 rings (SSSR count). The van der Waals surface area contributed by atoms with Gasteiger partial charge in [0.15, 0.2) is 0 Å². The molecule has 0 spiro atoms. The van der Waals surface area contributed by atoms with E-state index in [1.54, 1.807) is 7.11 Å². The number of ether oxygens (including phenoxy) is 1. The van der Waals surface area contributed by atoms with Gasteiger partial charge in [0.1, 0.15) is 0 Å². The number of unbranched alkanes of at least 4 members (excludes halogenated alkanes) is 3. The van der Waals surface area contributed by atoms with Gasteiger partial charge in [0.05, 0.1) is 6.61 Å². The fraction of sp³-hybridized carbons (Fsp3) is 1.00. The van der Waals surface area contributed by atoms with Gasteiger partial charge >= 0.3 is 0 Å². The van der Waals surface area contributed by atoms with Gasteiger partial charge in [-0.15, -0.1) is 0 Å². The maximum atomic E-state index is 5.06. The van der Waals surface area contributed by atoms with Crippen LogP contribution in [0, 0.1) is 11.8 Å². The highest BCUT2D eigenvalue weighted by Crippen LogP contribution is 2.18. The molecule has 1 N–H and O–H groups in total. The number of nitrogens with one attached hydrogen (secondary N) is 1. The van der Waals surface area contributed by atoms with Crippen LogP contribution in [-0.2, 0) is 4.74 Å². The molecule has 0 radical (unpaired) electrons. The van der Waals surface area contributed by atoms with Gasteiger partial charge in [-0.25, -0.2) is 0 Å². The quantitative estimate of drug-likeness (QED) is 0.526. The van der Waals surface area contributed by atoms with Crippen molar-refractivity contribution in [3.63, 3.8) is 0 Å². The van der Waals surface area contributed by atoms with Crippen molar-refractivity contribution in [2.75, 3.05) is 26.8 Å². The second-order valence-corrected chi connectivity index (χ2v) is 5.54.